The first-order chi connectivity index (χ1) is 12.4. The van der Waals surface area contributed by atoms with Crippen LogP contribution in [0.4, 0.5) is 0 Å². The molecule has 0 fully saturated rings. The van der Waals surface area contributed by atoms with Crippen molar-refractivity contribution in [3.8, 4) is 34.0 Å². The van der Waals surface area contributed by atoms with Gasteiger partial charge < -0.3 is 14.7 Å². The topological polar surface area (TPSA) is 35.0 Å². The van der Waals surface area contributed by atoms with E-state index in [9.17, 15) is 0 Å². The summed E-state index contributed by atoms with van der Waals surface area (Å²) in [6.45, 7) is 0. The minimum Gasteiger partial charge on any atom is -0.497 e. The second kappa shape index (κ2) is 8.55. The molecule has 128 valence electrons. The van der Waals surface area contributed by atoms with E-state index in [4.69, 9.17) is 4.74 Å². The van der Waals surface area contributed by atoms with Crippen molar-refractivity contribution in [3.05, 3.63) is 97.3 Å². The maximum Gasteiger partial charge on any atom is 2.00 e. The maximum absolute atomic E-state index is 5.94. The van der Waals surface area contributed by atoms with Crippen molar-refractivity contribution < 1.29 is 25.8 Å². The molecule has 0 bridgehead atoms. The molecule has 0 radical (unpaired) electrons. The Kier molecular flexibility index (Phi) is 5.93. The van der Waals surface area contributed by atoms with E-state index in [1.807, 2.05) is 72.8 Å². The van der Waals surface area contributed by atoms with Crippen molar-refractivity contribution >= 4 is 0 Å². The Morgan fingerprint density at radius 2 is 1.08 bits per heavy atom. The molecule has 0 aliphatic carbocycles. The molecule has 0 aliphatic heterocycles. The van der Waals surface area contributed by atoms with Crippen molar-refractivity contribution in [3.63, 3.8) is 0 Å². The fraction of sp³-hybridized carbons (Fsp3) is 0. The van der Waals surface area contributed by atoms with Gasteiger partial charge in [-0.05, 0) is 23.5 Å². The number of hydrogen-bond donors (Lipinski definition) is 0. The van der Waals surface area contributed by atoms with E-state index in [1.54, 1.807) is 12.4 Å². The molecule has 4 rings (SSSR count). The Morgan fingerprint density at radius 3 is 1.50 bits per heavy atom. The summed E-state index contributed by atoms with van der Waals surface area (Å²) in [4.78, 5) is 8.70. The molecule has 26 heavy (non-hydrogen) atoms. The Morgan fingerprint density at radius 1 is 0.577 bits per heavy atom. The predicted octanol–water partition coefficient (Wildman–Crippen LogP) is 5.20. The molecule has 0 N–H and O–H groups in total. The van der Waals surface area contributed by atoms with Crippen molar-refractivity contribution in [2.45, 2.75) is 0 Å². The summed E-state index contributed by atoms with van der Waals surface area (Å²) in [5.41, 5.74) is 3.50. The van der Waals surface area contributed by atoms with Crippen LogP contribution in [0.15, 0.2) is 85.2 Å². The van der Waals surface area contributed by atoms with Gasteiger partial charge in [-0.15, -0.1) is 47.5 Å². The second-order valence-electron chi connectivity index (χ2n) is 5.39. The van der Waals surface area contributed by atoms with Gasteiger partial charge in [0.1, 0.15) is 0 Å². The Bertz CT molecular complexity index is 894. The van der Waals surface area contributed by atoms with E-state index in [-0.39, 0.29) is 21.1 Å². The van der Waals surface area contributed by atoms with E-state index < -0.39 is 0 Å². The average Bonchev–Trinajstić information content (AvgIpc) is 2.70. The van der Waals surface area contributed by atoms with Crippen LogP contribution >= 0.6 is 0 Å². The number of pyridine rings is 2. The molecule has 0 unspecified atom stereocenters. The van der Waals surface area contributed by atoms with Crippen molar-refractivity contribution in [2.24, 2.45) is 0 Å². The van der Waals surface area contributed by atoms with Crippen LogP contribution in [-0.2, 0) is 21.1 Å². The fourth-order valence-corrected chi connectivity index (χ4v) is 2.48. The number of benzene rings is 2. The van der Waals surface area contributed by atoms with Gasteiger partial charge in [-0.1, -0.05) is 36.4 Å². The number of ether oxygens (including phenoxy) is 1. The van der Waals surface area contributed by atoms with Gasteiger partial charge >= 0.3 is 21.1 Å². The third kappa shape index (κ3) is 4.25. The zero-order valence-electron chi connectivity index (χ0n) is 13.7. The first-order valence-corrected chi connectivity index (χ1v) is 7.94. The smallest absolute Gasteiger partial charge is 0.497 e. The van der Waals surface area contributed by atoms with E-state index in [2.05, 4.69) is 22.1 Å². The monoisotopic (exact) mass is 517 g/mol. The fourth-order valence-electron chi connectivity index (χ4n) is 2.48. The summed E-state index contributed by atoms with van der Waals surface area (Å²) in [5.74, 6) is 1.25. The van der Waals surface area contributed by atoms with Crippen molar-refractivity contribution in [1.82, 2.24) is 9.97 Å². The summed E-state index contributed by atoms with van der Waals surface area (Å²) in [6.07, 6.45) is 3.53. The van der Waals surface area contributed by atoms with Gasteiger partial charge in [0, 0.05) is 23.9 Å². The SMILES string of the molecule is [Pt+2].[c-]1c(Oc2[c-]c(-c3ccccn3)ccc2)cccc1-c1ccccn1. The summed E-state index contributed by atoms with van der Waals surface area (Å²) in [5, 5.41) is 0. The predicted molar refractivity (Wildman–Crippen MR) is 97.1 cm³/mol. The van der Waals surface area contributed by atoms with E-state index in [1.165, 1.54) is 0 Å². The maximum atomic E-state index is 5.94. The molecule has 2 heterocycles. The number of aromatic nitrogens is 2. The van der Waals surface area contributed by atoms with Crippen LogP contribution in [0.2, 0.25) is 0 Å². The van der Waals surface area contributed by atoms with E-state index >= 15 is 0 Å². The molecule has 4 aromatic rings. The zero-order valence-corrected chi connectivity index (χ0v) is 16.0. The molecule has 2 aromatic carbocycles. The zero-order chi connectivity index (χ0) is 16.9. The number of rotatable bonds is 4. The van der Waals surface area contributed by atoms with Crippen LogP contribution in [0.3, 0.4) is 0 Å². The van der Waals surface area contributed by atoms with Crippen LogP contribution in [0.1, 0.15) is 0 Å². The van der Waals surface area contributed by atoms with Gasteiger partial charge in [-0.3, -0.25) is 0 Å². The van der Waals surface area contributed by atoms with Crippen molar-refractivity contribution in [2.75, 3.05) is 0 Å². The molecule has 0 aliphatic rings. The quantitative estimate of drug-likeness (QED) is 0.349. The summed E-state index contributed by atoms with van der Waals surface area (Å²) >= 11 is 0. The van der Waals surface area contributed by atoms with Crippen molar-refractivity contribution in [1.29, 1.82) is 0 Å². The molecule has 3 nitrogen and oxygen atoms in total. The molecular formula is C22H14N2OPt. The van der Waals surface area contributed by atoms with Crippen LogP contribution in [-0.4, -0.2) is 9.97 Å². The molecule has 0 amide bonds. The Balaban J connectivity index is 0.00000196. The van der Waals surface area contributed by atoms with Crippen LogP contribution in [0.25, 0.3) is 22.5 Å². The normalized spacial score (nSPS) is 10.0. The molecule has 0 saturated heterocycles. The minimum atomic E-state index is 0. The molecule has 0 saturated carbocycles. The Hall–Kier alpha value is -2.77. The second-order valence-corrected chi connectivity index (χ2v) is 5.39. The molecule has 0 atom stereocenters. The molecule has 2 aromatic heterocycles. The Labute approximate surface area is 167 Å². The van der Waals surface area contributed by atoms with E-state index in [0.29, 0.717) is 11.5 Å². The first kappa shape index (κ1) is 18.0. The van der Waals surface area contributed by atoms with Crippen LogP contribution in [0.5, 0.6) is 11.5 Å². The van der Waals surface area contributed by atoms with Gasteiger partial charge in [0.2, 0.25) is 0 Å². The molecular weight excluding hydrogens is 503 g/mol. The van der Waals surface area contributed by atoms with Gasteiger partial charge in [0.15, 0.2) is 0 Å². The van der Waals surface area contributed by atoms with Crippen LogP contribution in [0, 0.1) is 12.1 Å². The average molecular weight is 517 g/mol. The third-order valence-corrected chi connectivity index (χ3v) is 3.64. The minimum absolute atomic E-state index is 0. The van der Waals surface area contributed by atoms with Gasteiger partial charge in [0.25, 0.3) is 0 Å². The van der Waals surface area contributed by atoms with Gasteiger partial charge in [0.05, 0.1) is 0 Å². The van der Waals surface area contributed by atoms with E-state index in [0.717, 1.165) is 22.5 Å². The summed E-state index contributed by atoms with van der Waals surface area (Å²) in [7, 11) is 0. The number of hydrogen-bond acceptors (Lipinski definition) is 3. The standard InChI is InChI=1S/C22H14N2O.Pt/c1-3-13-23-21(11-1)17-7-5-9-19(15-17)25-20-10-6-8-18(16-20)22-12-2-4-14-24-22;/h1-14H;/q-2;+2. The molecule has 0 spiro atoms. The third-order valence-electron chi connectivity index (χ3n) is 3.64. The first-order valence-electron chi connectivity index (χ1n) is 7.94. The number of nitrogens with zero attached hydrogens (tertiary/aromatic N) is 2. The van der Waals surface area contributed by atoms with Crippen LogP contribution < -0.4 is 4.74 Å². The largest absolute Gasteiger partial charge is 2.00 e. The molecule has 4 heteroatoms. The van der Waals surface area contributed by atoms with Gasteiger partial charge in [-0.2, -0.15) is 0 Å². The summed E-state index contributed by atoms with van der Waals surface area (Å²) < 4.78 is 5.94. The van der Waals surface area contributed by atoms with Gasteiger partial charge in [-0.25, -0.2) is 0 Å². The summed E-state index contributed by atoms with van der Waals surface area (Å²) in [6, 6.07) is 29.6.